The predicted octanol–water partition coefficient (Wildman–Crippen LogP) is 1.77. The summed E-state index contributed by atoms with van der Waals surface area (Å²) in [6.45, 7) is 4.58. The van der Waals surface area contributed by atoms with E-state index in [2.05, 4.69) is 37.7 Å². The second-order valence-corrected chi connectivity index (χ2v) is 5.43. The monoisotopic (exact) mass is 287 g/mol. The zero-order valence-electron chi connectivity index (χ0n) is 12.6. The number of anilines is 1. The molecule has 0 radical (unpaired) electrons. The molecule has 2 aromatic heterocycles. The van der Waals surface area contributed by atoms with Crippen LogP contribution in [0.2, 0.25) is 0 Å². The van der Waals surface area contributed by atoms with Gasteiger partial charge in [-0.05, 0) is 19.3 Å². The molecule has 0 aromatic carbocycles. The van der Waals surface area contributed by atoms with E-state index in [-0.39, 0.29) is 0 Å². The molecule has 112 valence electrons. The van der Waals surface area contributed by atoms with Crippen LogP contribution in [0.5, 0.6) is 5.88 Å². The molecule has 0 unspecified atom stereocenters. The molecule has 2 aromatic rings. The van der Waals surface area contributed by atoms with Gasteiger partial charge in [-0.15, -0.1) is 0 Å². The van der Waals surface area contributed by atoms with Crippen LogP contribution >= 0.6 is 0 Å². The van der Waals surface area contributed by atoms with Crippen LogP contribution in [-0.4, -0.2) is 39.7 Å². The highest BCUT2D eigenvalue weighted by Gasteiger charge is 2.20. The zero-order valence-corrected chi connectivity index (χ0v) is 12.6. The van der Waals surface area contributed by atoms with Gasteiger partial charge in [0.25, 0.3) is 0 Å². The van der Waals surface area contributed by atoms with Crippen LogP contribution in [0.25, 0.3) is 0 Å². The number of imidazole rings is 1. The largest absolute Gasteiger partial charge is 0.478 e. The van der Waals surface area contributed by atoms with Gasteiger partial charge in [0.15, 0.2) is 0 Å². The lowest BCUT2D eigenvalue weighted by atomic mass is 9.99. The highest BCUT2D eigenvalue weighted by molar-refractivity contribution is 5.39. The van der Waals surface area contributed by atoms with E-state index in [1.54, 1.807) is 6.33 Å². The van der Waals surface area contributed by atoms with Crippen molar-refractivity contribution in [1.29, 1.82) is 0 Å². The first kappa shape index (κ1) is 13.9. The van der Waals surface area contributed by atoms with Gasteiger partial charge >= 0.3 is 0 Å². The molecule has 1 aliphatic rings. The van der Waals surface area contributed by atoms with Crippen molar-refractivity contribution in [3.63, 3.8) is 0 Å². The van der Waals surface area contributed by atoms with Gasteiger partial charge in [0, 0.05) is 45.0 Å². The summed E-state index contributed by atoms with van der Waals surface area (Å²) in [5, 5.41) is 0. The molecule has 1 aliphatic heterocycles. The summed E-state index contributed by atoms with van der Waals surface area (Å²) in [4.78, 5) is 15.0. The molecule has 6 heteroatoms. The van der Waals surface area contributed by atoms with Crippen molar-refractivity contribution in [2.45, 2.75) is 26.3 Å². The number of ether oxygens (including phenoxy) is 1. The maximum Gasteiger partial charge on any atom is 0.218 e. The van der Waals surface area contributed by atoms with Gasteiger partial charge in [-0.1, -0.05) is 0 Å². The number of aromatic nitrogens is 4. The Morgan fingerprint density at radius 1 is 1.38 bits per heavy atom. The van der Waals surface area contributed by atoms with Crippen molar-refractivity contribution < 1.29 is 4.74 Å². The van der Waals surface area contributed by atoms with Gasteiger partial charge in [-0.25, -0.2) is 15.0 Å². The minimum absolute atomic E-state index is 0.613. The molecule has 1 atom stereocenters. The summed E-state index contributed by atoms with van der Waals surface area (Å²) in [7, 11) is 2.07. The number of rotatable bonds is 5. The van der Waals surface area contributed by atoms with Gasteiger partial charge in [0.2, 0.25) is 5.88 Å². The second-order valence-electron chi connectivity index (χ2n) is 5.43. The fraction of sp³-hybridized carbons (Fsp3) is 0.533. The van der Waals surface area contributed by atoms with E-state index in [0.717, 1.165) is 25.3 Å². The van der Waals surface area contributed by atoms with Gasteiger partial charge in [-0.3, -0.25) is 0 Å². The van der Waals surface area contributed by atoms with E-state index < -0.39 is 0 Å². The molecule has 0 saturated heterocycles. The van der Waals surface area contributed by atoms with Crippen molar-refractivity contribution in [3.05, 3.63) is 30.6 Å². The van der Waals surface area contributed by atoms with Crippen molar-refractivity contribution >= 4 is 5.82 Å². The normalized spacial score (nSPS) is 17.3. The Labute approximate surface area is 124 Å². The maximum atomic E-state index is 5.43. The third-order valence-electron chi connectivity index (χ3n) is 3.88. The molecule has 0 aliphatic carbocycles. The first-order valence-corrected chi connectivity index (χ1v) is 7.42. The third kappa shape index (κ3) is 3.15. The predicted molar refractivity (Wildman–Crippen MR) is 80.5 cm³/mol. The molecule has 0 bridgehead atoms. The van der Waals surface area contributed by atoms with E-state index in [4.69, 9.17) is 4.74 Å². The fourth-order valence-electron chi connectivity index (χ4n) is 2.83. The Balaban J connectivity index is 1.64. The molecular weight excluding hydrogens is 266 g/mol. The highest BCUT2D eigenvalue weighted by atomic mass is 16.5. The van der Waals surface area contributed by atoms with Crippen LogP contribution in [0.3, 0.4) is 0 Å². The van der Waals surface area contributed by atoms with Crippen LogP contribution in [0.15, 0.2) is 24.8 Å². The Kier molecular flexibility index (Phi) is 4.03. The average Bonchev–Trinajstić information content (AvgIpc) is 2.95. The van der Waals surface area contributed by atoms with Crippen LogP contribution in [0.1, 0.15) is 19.2 Å². The summed E-state index contributed by atoms with van der Waals surface area (Å²) in [6.07, 6.45) is 7.75. The van der Waals surface area contributed by atoms with E-state index in [0.29, 0.717) is 18.4 Å². The van der Waals surface area contributed by atoms with Crippen molar-refractivity contribution in [2.75, 3.05) is 25.1 Å². The third-order valence-corrected chi connectivity index (χ3v) is 3.88. The number of aryl methyl sites for hydroxylation is 1. The van der Waals surface area contributed by atoms with Crippen molar-refractivity contribution in [3.8, 4) is 5.88 Å². The number of hydrogen-bond donors (Lipinski definition) is 0. The summed E-state index contributed by atoms with van der Waals surface area (Å²) in [6, 6.07) is 1.90. The molecule has 0 N–H and O–H groups in total. The highest BCUT2D eigenvalue weighted by Crippen LogP contribution is 2.22. The Morgan fingerprint density at radius 2 is 2.29 bits per heavy atom. The number of fused-ring (bicyclic) bond motifs is 1. The first-order chi connectivity index (χ1) is 10.3. The summed E-state index contributed by atoms with van der Waals surface area (Å²) >= 11 is 0. The van der Waals surface area contributed by atoms with Crippen LogP contribution in [0, 0.1) is 5.92 Å². The molecular formula is C15H21N5O. The lowest BCUT2D eigenvalue weighted by Gasteiger charge is -2.28. The SMILES string of the molecule is CCOc1cc(N(C)C[C@@H]2CCc3nccn3C2)ncn1. The lowest BCUT2D eigenvalue weighted by Crippen LogP contribution is -2.32. The van der Waals surface area contributed by atoms with Crippen LogP contribution < -0.4 is 9.64 Å². The average molecular weight is 287 g/mol. The van der Waals surface area contributed by atoms with E-state index in [9.17, 15) is 0 Å². The van der Waals surface area contributed by atoms with Crippen molar-refractivity contribution in [1.82, 2.24) is 19.5 Å². The maximum absolute atomic E-state index is 5.43. The minimum Gasteiger partial charge on any atom is -0.478 e. The Morgan fingerprint density at radius 3 is 3.14 bits per heavy atom. The molecule has 0 saturated carbocycles. The summed E-state index contributed by atoms with van der Waals surface area (Å²) in [5.74, 6) is 3.36. The van der Waals surface area contributed by atoms with Crippen LogP contribution in [-0.2, 0) is 13.0 Å². The molecule has 0 spiro atoms. The molecule has 3 heterocycles. The summed E-state index contributed by atoms with van der Waals surface area (Å²) in [5.41, 5.74) is 0. The van der Waals surface area contributed by atoms with Crippen LogP contribution in [0.4, 0.5) is 5.82 Å². The molecule has 21 heavy (non-hydrogen) atoms. The topological polar surface area (TPSA) is 56.1 Å². The van der Waals surface area contributed by atoms with Gasteiger partial charge in [0.1, 0.15) is 18.0 Å². The molecule has 0 amide bonds. The van der Waals surface area contributed by atoms with E-state index in [1.165, 1.54) is 12.2 Å². The van der Waals surface area contributed by atoms with Gasteiger partial charge in [-0.2, -0.15) is 0 Å². The summed E-state index contributed by atoms with van der Waals surface area (Å²) < 4.78 is 7.69. The molecule has 6 nitrogen and oxygen atoms in total. The lowest BCUT2D eigenvalue weighted by molar-refractivity contribution is 0.326. The second kappa shape index (κ2) is 6.11. The van der Waals surface area contributed by atoms with Gasteiger partial charge < -0.3 is 14.2 Å². The van der Waals surface area contributed by atoms with E-state index >= 15 is 0 Å². The zero-order chi connectivity index (χ0) is 14.7. The number of nitrogens with zero attached hydrogens (tertiary/aromatic N) is 5. The standard InChI is InChI=1S/C15H21N5O/c1-3-21-15-8-14(17-11-18-15)19(2)9-12-4-5-13-16-6-7-20(13)10-12/h6-8,11-12H,3-5,9-10H2,1-2H3/t12-/m0/s1. The fourth-order valence-corrected chi connectivity index (χ4v) is 2.83. The molecule has 0 fully saturated rings. The minimum atomic E-state index is 0.613. The smallest absolute Gasteiger partial charge is 0.218 e. The van der Waals surface area contributed by atoms with E-state index in [1.807, 2.05) is 19.2 Å². The van der Waals surface area contributed by atoms with Gasteiger partial charge in [0.05, 0.1) is 6.61 Å². The Hall–Kier alpha value is -2.11. The number of hydrogen-bond acceptors (Lipinski definition) is 5. The quantitative estimate of drug-likeness (QED) is 0.839. The first-order valence-electron chi connectivity index (χ1n) is 7.42. The van der Waals surface area contributed by atoms with Crippen molar-refractivity contribution in [2.24, 2.45) is 5.92 Å². The molecule has 3 rings (SSSR count). The Bertz CT molecular complexity index is 597.